The summed E-state index contributed by atoms with van der Waals surface area (Å²) in [6.45, 7) is 3.95. The zero-order chi connectivity index (χ0) is 12.9. The summed E-state index contributed by atoms with van der Waals surface area (Å²) >= 11 is 0. The second-order valence-corrected chi connectivity index (χ2v) is 3.69. The molecule has 1 nitrogen and oxygen atoms in total. The van der Waals surface area contributed by atoms with Crippen molar-refractivity contribution in [2.24, 2.45) is 0 Å². The van der Waals surface area contributed by atoms with E-state index in [0.717, 1.165) is 30.7 Å². The molecule has 94 valence electrons. The predicted octanol–water partition coefficient (Wildman–Crippen LogP) is 4.82. The molecule has 0 aliphatic rings. The molecule has 0 unspecified atom stereocenters. The minimum atomic E-state index is -4.29. The molecule has 0 bridgehead atoms. The molecular weight excluding hydrogens is 227 g/mol. The Labute approximate surface area is 99.3 Å². The van der Waals surface area contributed by atoms with Gasteiger partial charge in [0.2, 0.25) is 0 Å². The fourth-order valence-corrected chi connectivity index (χ4v) is 1.49. The second kappa shape index (κ2) is 5.75. The average Bonchev–Trinajstić information content (AvgIpc) is 2.28. The van der Waals surface area contributed by atoms with Gasteiger partial charge in [0, 0.05) is 11.4 Å². The Morgan fingerprint density at radius 3 is 2.53 bits per heavy atom. The van der Waals surface area contributed by atoms with Crippen LogP contribution in [0.4, 0.5) is 18.9 Å². The lowest BCUT2D eigenvalue weighted by atomic mass is 10.2. The van der Waals surface area contributed by atoms with Gasteiger partial charge in [0.25, 0.3) is 0 Å². The van der Waals surface area contributed by atoms with Crippen LogP contribution in [0.1, 0.15) is 32.3 Å². The molecule has 0 atom stereocenters. The van der Waals surface area contributed by atoms with Gasteiger partial charge >= 0.3 is 6.18 Å². The van der Waals surface area contributed by atoms with Crippen molar-refractivity contribution in [3.8, 4) is 0 Å². The van der Waals surface area contributed by atoms with Crippen molar-refractivity contribution in [2.75, 3.05) is 5.32 Å². The van der Waals surface area contributed by atoms with Crippen molar-refractivity contribution in [1.29, 1.82) is 0 Å². The quantitative estimate of drug-likeness (QED) is 0.799. The Kier molecular flexibility index (Phi) is 4.61. The van der Waals surface area contributed by atoms with E-state index in [2.05, 4.69) is 5.32 Å². The molecule has 0 fully saturated rings. The summed E-state index contributed by atoms with van der Waals surface area (Å²) in [5.74, 6) is 0. The third-order valence-electron chi connectivity index (χ3n) is 2.33. The highest BCUT2D eigenvalue weighted by Crippen LogP contribution is 2.31. The molecule has 0 heterocycles. The van der Waals surface area contributed by atoms with Crippen LogP contribution in [-0.2, 0) is 6.18 Å². The zero-order valence-corrected chi connectivity index (χ0v) is 9.93. The molecule has 4 heteroatoms. The van der Waals surface area contributed by atoms with Gasteiger partial charge in [0.15, 0.2) is 0 Å². The maximum absolute atomic E-state index is 12.5. The van der Waals surface area contributed by atoms with Crippen LogP contribution >= 0.6 is 0 Å². The van der Waals surface area contributed by atoms with E-state index in [0.29, 0.717) is 5.69 Å². The maximum Gasteiger partial charge on any atom is 0.416 e. The van der Waals surface area contributed by atoms with E-state index in [1.54, 1.807) is 6.07 Å². The monoisotopic (exact) mass is 243 g/mol. The number of alkyl halides is 3. The highest BCUT2D eigenvalue weighted by atomic mass is 19.4. The summed E-state index contributed by atoms with van der Waals surface area (Å²) in [5.41, 5.74) is 0.780. The van der Waals surface area contributed by atoms with Crippen molar-refractivity contribution in [3.05, 3.63) is 41.6 Å². The molecule has 0 saturated heterocycles. The summed E-state index contributed by atoms with van der Waals surface area (Å²) in [7, 11) is 0. The van der Waals surface area contributed by atoms with Gasteiger partial charge in [-0.1, -0.05) is 26.0 Å². The van der Waals surface area contributed by atoms with E-state index >= 15 is 0 Å². The fourth-order valence-electron chi connectivity index (χ4n) is 1.49. The molecule has 1 aromatic carbocycles. The number of rotatable bonds is 4. The van der Waals surface area contributed by atoms with E-state index in [1.807, 2.05) is 19.9 Å². The van der Waals surface area contributed by atoms with Crippen molar-refractivity contribution in [2.45, 2.75) is 32.9 Å². The molecule has 17 heavy (non-hydrogen) atoms. The first kappa shape index (κ1) is 13.6. The number of hydrogen-bond acceptors (Lipinski definition) is 1. The Morgan fingerprint density at radius 2 is 2.00 bits per heavy atom. The first-order chi connectivity index (χ1) is 7.97. The molecule has 0 amide bonds. The first-order valence-corrected chi connectivity index (χ1v) is 5.60. The normalized spacial score (nSPS) is 12.6. The minimum absolute atomic E-state index is 0.473. The van der Waals surface area contributed by atoms with Crippen LogP contribution in [0.15, 0.2) is 36.0 Å². The summed E-state index contributed by atoms with van der Waals surface area (Å²) in [4.78, 5) is 0. The van der Waals surface area contributed by atoms with Crippen LogP contribution in [0, 0.1) is 0 Å². The van der Waals surface area contributed by atoms with Crippen molar-refractivity contribution < 1.29 is 13.2 Å². The number of allylic oxidation sites excluding steroid dienone is 2. The number of nitrogens with one attached hydrogen (secondary N) is 1. The lowest BCUT2D eigenvalue weighted by Gasteiger charge is -2.12. The maximum atomic E-state index is 12.5. The number of halogens is 3. The largest absolute Gasteiger partial charge is 0.416 e. The lowest BCUT2D eigenvalue weighted by Crippen LogP contribution is -2.06. The van der Waals surface area contributed by atoms with Gasteiger partial charge in [-0.25, -0.2) is 0 Å². The summed E-state index contributed by atoms with van der Waals surface area (Å²) in [6, 6.07) is 5.23. The van der Waals surface area contributed by atoms with E-state index < -0.39 is 11.7 Å². The Morgan fingerprint density at radius 1 is 1.29 bits per heavy atom. The van der Waals surface area contributed by atoms with E-state index in [4.69, 9.17) is 0 Å². The number of hydrogen-bond donors (Lipinski definition) is 1. The molecule has 0 aliphatic heterocycles. The zero-order valence-electron chi connectivity index (χ0n) is 9.93. The summed E-state index contributed by atoms with van der Waals surface area (Å²) < 4.78 is 37.5. The molecular formula is C13H16F3N. The molecule has 0 aromatic heterocycles. The van der Waals surface area contributed by atoms with Crippen molar-refractivity contribution in [1.82, 2.24) is 0 Å². The highest BCUT2D eigenvalue weighted by molar-refractivity contribution is 5.50. The van der Waals surface area contributed by atoms with Crippen LogP contribution in [0.25, 0.3) is 0 Å². The SMILES string of the molecule is CC/C=C(\CC)Nc1cccc(C(F)(F)F)c1. The molecule has 0 radical (unpaired) electrons. The number of anilines is 1. The van der Waals surface area contributed by atoms with E-state index in [1.165, 1.54) is 6.07 Å². The Hall–Kier alpha value is -1.45. The predicted molar refractivity (Wildman–Crippen MR) is 63.7 cm³/mol. The van der Waals surface area contributed by atoms with Gasteiger partial charge in [-0.3, -0.25) is 0 Å². The Balaban J connectivity index is 2.89. The van der Waals surface area contributed by atoms with Gasteiger partial charge in [-0.2, -0.15) is 13.2 Å². The van der Waals surface area contributed by atoms with Crippen LogP contribution in [0.2, 0.25) is 0 Å². The van der Waals surface area contributed by atoms with Crippen LogP contribution < -0.4 is 5.32 Å². The Bertz CT molecular complexity index is 394. The molecule has 0 aliphatic carbocycles. The van der Waals surface area contributed by atoms with Crippen LogP contribution in [0.3, 0.4) is 0 Å². The third-order valence-corrected chi connectivity index (χ3v) is 2.33. The second-order valence-electron chi connectivity index (χ2n) is 3.69. The molecule has 0 saturated carbocycles. The molecule has 1 rings (SSSR count). The average molecular weight is 243 g/mol. The van der Waals surface area contributed by atoms with Gasteiger partial charge in [0.05, 0.1) is 5.56 Å². The van der Waals surface area contributed by atoms with Gasteiger partial charge < -0.3 is 5.32 Å². The minimum Gasteiger partial charge on any atom is -0.359 e. The molecule has 0 spiro atoms. The lowest BCUT2D eigenvalue weighted by molar-refractivity contribution is -0.137. The topological polar surface area (TPSA) is 12.0 Å². The van der Waals surface area contributed by atoms with Crippen molar-refractivity contribution >= 4 is 5.69 Å². The van der Waals surface area contributed by atoms with Gasteiger partial charge in [-0.05, 0) is 31.0 Å². The molecule has 1 N–H and O–H groups in total. The van der Waals surface area contributed by atoms with Crippen LogP contribution in [0.5, 0.6) is 0 Å². The smallest absolute Gasteiger partial charge is 0.359 e. The standard InChI is InChI=1S/C13H16F3N/c1-3-6-11(4-2)17-12-8-5-7-10(9-12)13(14,15)16/h5-9,17H,3-4H2,1-2H3/b11-6+. The van der Waals surface area contributed by atoms with Crippen molar-refractivity contribution in [3.63, 3.8) is 0 Å². The summed E-state index contributed by atoms with van der Waals surface area (Å²) in [5, 5.41) is 3.00. The van der Waals surface area contributed by atoms with Gasteiger partial charge in [-0.15, -0.1) is 0 Å². The van der Waals surface area contributed by atoms with E-state index in [9.17, 15) is 13.2 Å². The van der Waals surface area contributed by atoms with Gasteiger partial charge in [0.1, 0.15) is 0 Å². The third kappa shape index (κ3) is 4.13. The van der Waals surface area contributed by atoms with E-state index in [-0.39, 0.29) is 0 Å². The first-order valence-electron chi connectivity index (χ1n) is 5.60. The highest BCUT2D eigenvalue weighted by Gasteiger charge is 2.30. The van der Waals surface area contributed by atoms with Crippen LogP contribution in [-0.4, -0.2) is 0 Å². The summed E-state index contributed by atoms with van der Waals surface area (Å²) in [6.07, 6.45) is -0.696. The fraction of sp³-hybridized carbons (Fsp3) is 0.385. The number of benzene rings is 1. The molecule has 1 aromatic rings.